The predicted octanol–water partition coefficient (Wildman–Crippen LogP) is 3.91. The van der Waals surface area contributed by atoms with Crippen LogP contribution in [0.1, 0.15) is 38.8 Å². The van der Waals surface area contributed by atoms with E-state index < -0.39 is 0 Å². The molecule has 0 atom stereocenters. The Kier molecular flexibility index (Phi) is 6.78. The Morgan fingerprint density at radius 3 is 2.31 bits per heavy atom. The van der Waals surface area contributed by atoms with Gasteiger partial charge in [0.2, 0.25) is 5.91 Å². The number of rotatable bonds is 7. The molecule has 0 saturated carbocycles. The van der Waals surface area contributed by atoms with Crippen molar-refractivity contribution in [1.82, 2.24) is 5.43 Å². The number of nitrogens with one attached hydrogen (secondary N) is 1. The number of hydrazone groups is 1. The molecule has 138 valence electrons. The van der Waals surface area contributed by atoms with E-state index in [0.717, 1.165) is 17.1 Å². The molecule has 0 aliphatic rings. The lowest BCUT2D eigenvalue weighted by Gasteiger charge is -2.19. The normalized spacial score (nSPS) is 11.4. The number of hydrogen-bond acceptors (Lipinski definition) is 4. The van der Waals surface area contributed by atoms with E-state index in [9.17, 15) is 4.79 Å². The summed E-state index contributed by atoms with van der Waals surface area (Å²) in [5.74, 6) is 1.35. The molecule has 2 aromatic rings. The second-order valence-electron chi connectivity index (χ2n) is 6.97. The standard InChI is InChI=1S/C21H26N2O3/c1-16(24)23-22-15-17-6-5-7-20(14-17)26-13-12-25-19-10-8-18(9-11-19)21(2,3)4/h5-11,14-15H,12-13H2,1-4H3,(H,23,24)/b22-15-. The maximum Gasteiger partial charge on any atom is 0.236 e. The number of nitrogens with zero attached hydrogens (tertiary/aromatic N) is 1. The molecule has 1 amide bonds. The van der Waals surface area contributed by atoms with Gasteiger partial charge in [0.15, 0.2) is 0 Å². The summed E-state index contributed by atoms with van der Waals surface area (Å²) >= 11 is 0. The van der Waals surface area contributed by atoms with Crippen LogP contribution < -0.4 is 14.9 Å². The first-order chi connectivity index (χ1) is 12.3. The summed E-state index contributed by atoms with van der Waals surface area (Å²) in [6.45, 7) is 8.86. The number of amides is 1. The number of carbonyl (C=O) groups excluding carboxylic acids is 1. The Balaban J connectivity index is 1.79. The van der Waals surface area contributed by atoms with Crippen LogP contribution in [0.25, 0.3) is 0 Å². The highest BCUT2D eigenvalue weighted by Gasteiger charge is 2.12. The van der Waals surface area contributed by atoms with Crippen LogP contribution in [0, 0.1) is 0 Å². The summed E-state index contributed by atoms with van der Waals surface area (Å²) in [5.41, 5.74) is 4.62. The smallest absolute Gasteiger partial charge is 0.236 e. The van der Waals surface area contributed by atoms with Gasteiger partial charge in [-0.15, -0.1) is 0 Å². The first-order valence-electron chi connectivity index (χ1n) is 8.60. The van der Waals surface area contributed by atoms with Crippen molar-refractivity contribution < 1.29 is 14.3 Å². The largest absolute Gasteiger partial charge is 0.490 e. The van der Waals surface area contributed by atoms with Crippen molar-refractivity contribution in [3.8, 4) is 11.5 Å². The number of benzene rings is 2. The van der Waals surface area contributed by atoms with E-state index in [4.69, 9.17) is 9.47 Å². The Bertz CT molecular complexity index is 747. The highest BCUT2D eigenvalue weighted by molar-refractivity contribution is 5.82. The van der Waals surface area contributed by atoms with Crippen LogP contribution >= 0.6 is 0 Å². The SMILES string of the molecule is CC(=O)N/N=C\c1cccc(OCCOc2ccc(C(C)(C)C)cc2)c1. The Morgan fingerprint density at radius 2 is 1.69 bits per heavy atom. The maximum atomic E-state index is 10.8. The van der Waals surface area contributed by atoms with Crippen molar-refractivity contribution >= 4 is 12.1 Å². The molecule has 0 fully saturated rings. The van der Waals surface area contributed by atoms with Crippen molar-refractivity contribution in [3.63, 3.8) is 0 Å². The van der Waals surface area contributed by atoms with Gasteiger partial charge in [-0.25, -0.2) is 5.43 Å². The molecule has 2 rings (SSSR count). The summed E-state index contributed by atoms with van der Waals surface area (Å²) < 4.78 is 11.4. The predicted molar refractivity (Wildman–Crippen MR) is 104 cm³/mol. The minimum atomic E-state index is -0.207. The minimum Gasteiger partial charge on any atom is -0.490 e. The molecule has 1 N–H and O–H groups in total. The molecular weight excluding hydrogens is 328 g/mol. The monoisotopic (exact) mass is 354 g/mol. The molecule has 0 bridgehead atoms. The van der Waals surface area contributed by atoms with Gasteiger partial charge in [0.25, 0.3) is 0 Å². The van der Waals surface area contributed by atoms with Crippen molar-refractivity contribution in [2.24, 2.45) is 5.10 Å². The summed E-state index contributed by atoms with van der Waals surface area (Å²) in [6.07, 6.45) is 1.57. The van der Waals surface area contributed by atoms with Gasteiger partial charge in [-0.2, -0.15) is 5.10 Å². The third-order valence-corrected chi connectivity index (χ3v) is 3.63. The van der Waals surface area contributed by atoms with Crippen LogP contribution in [-0.2, 0) is 10.2 Å². The van der Waals surface area contributed by atoms with Gasteiger partial charge in [-0.05, 0) is 40.8 Å². The minimum absolute atomic E-state index is 0.135. The number of ether oxygens (including phenoxy) is 2. The Morgan fingerprint density at radius 1 is 1.04 bits per heavy atom. The lowest BCUT2D eigenvalue weighted by molar-refractivity contribution is -0.118. The van der Waals surface area contributed by atoms with Crippen LogP contribution in [0.2, 0.25) is 0 Å². The van der Waals surface area contributed by atoms with Crippen LogP contribution in [-0.4, -0.2) is 25.3 Å². The molecule has 26 heavy (non-hydrogen) atoms. The zero-order valence-corrected chi connectivity index (χ0v) is 15.8. The molecule has 0 unspecified atom stereocenters. The third kappa shape index (κ3) is 6.59. The number of hydrogen-bond donors (Lipinski definition) is 1. The summed E-state index contributed by atoms with van der Waals surface area (Å²) in [5, 5.41) is 3.84. The second kappa shape index (κ2) is 9.04. The fourth-order valence-electron chi connectivity index (χ4n) is 2.25. The quantitative estimate of drug-likeness (QED) is 0.466. The fourth-order valence-corrected chi connectivity index (χ4v) is 2.25. The molecule has 5 nitrogen and oxygen atoms in total. The van der Waals surface area contributed by atoms with Crippen LogP contribution in [0.4, 0.5) is 0 Å². The summed E-state index contributed by atoms with van der Waals surface area (Å²) in [7, 11) is 0. The molecule has 0 saturated heterocycles. The van der Waals surface area contributed by atoms with Gasteiger partial charge in [0.05, 0.1) is 6.21 Å². The lowest BCUT2D eigenvalue weighted by Crippen LogP contribution is -2.12. The van der Waals surface area contributed by atoms with Crippen molar-refractivity contribution in [3.05, 3.63) is 59.7 Å². The molecule has 0 heterocycles. The molecule has 0 spiro atoms. The third-order valence-electron chi connectivity index (χ3n) is 3.63. The molecule has 0 aliphatic carbocycles. The van der Waals surface area contributed by atoms with E-state index in [1.807, 2.05) is 36.4 Å². The summed E-state index contributed by atoms with van der Waals surface area (Å²) in [4.78, 5) is 10.8. The van der Waals surface area contributed by atoms with Gasteiger partial charge >= 0.3 is 0 Å². The molecule has 0 aliphatic heterocycles. The average molecular weight is 354 g/mol. The van der Waals surface area contributed by atoms with Gasteiger partial charge in [-0.1, -0.05) is 45.0 Å². The second-order valence-corrected chi connectivity index (χ2v) is 6.97. The Labute approximate surface area is 155 Å². The number of carbonyl (C=O) groups is 1. The van der Waals surface area contributed by atoms with Crippen LogP contribution in [0.5, 0.6) is 11.5 Å². The molecule has 0 radical (unpaired) electrons. The highest BCUT2D eigenvalue weighted by atomic mass is 16.5. The van der Waals surface area contributed by atoms with E-state index >= 15 is 0 Å². The van der Waals surface area contributed by atoms with E-state index in [0.29, 0.717) is 13.2 Å². The van der Waals surface area contributed by atoms with Crippen molar-refractivity contribution in [2.75, 3.05) is 13.2 Å². The molecule has 5 heteroatoms. The van der Waals surface area contributed by atoms with Crippen molar-refractivity contribution in [2.45, 2.75) is 33.1 Å². The van der Waals surface area contributed by atoms with E-state index in [1.165, 1.54) is 12.5 Å². The van der Waals surface area contributed by atoms with Gasteiger partial charge in [0, 0.05) is 6.92 Å². The highest BCUT2D eigenvalue weighted by Crippen LogP contribution is 2.24. The zero-order valence-electron chi connectivity index (χ0n) is 15.8. The lowest BCUT2D eigenvalue weighted by atomic mass is 9.87. The zero-order chi connectivity index (χ0) is 19.0. The fraction of sp³-hybridized carbons (Fsp3) is 0.333. The first-order valence-corrected chi connectivity index (χ1v) is 8.60. The van der Waals surface area contributed by atoms with Crippen molar-refractivity contribution in [1.29, 1.82) is 0 Å². The Hall–Kier alpha value is -2.82. The van der Waals surface area contributed by atoms with Crippen LogP contribution in [0.3, 0.4) is 0 Å². The molecule has 2 aromatic carbocycles. The van der Waals surface area contributed by atoms with E-state index in [2.05, 4.69) is 43.4 Å². The van der Waals surface area contributed by atoms with Gasteiger partial charge < -0.3 is 9.47 Å². The van der Waals surface area contributed by atoms with E-state index in [1.54, 1.807) is 6.21 Å². The first kappa shape index (κ1) is 19.5. The summed E-state index contributed by atoms with van der Waals surface area (Å²) in [6, 6.07) is 15.6. The van der Waals surface area contributed by atoms with Gasteiger partial charge in [0.1, 0.15) is 24.7 Å². The van der Waals surface area contributed by atoms with Crippen LogP contribution in [0.15, 0.2) is 53.6 Å². The average Bonchev–Trinajstić information content (AvgIpc) is 2.58. The maximum absolute atomic E-state index is 10.8. The van der Waals surface area contributed by atoms with E-state index in [-0.39, 0.29) is 11.3 Å². The molecular formula is C21H26N2O3. The van der Waals surface area contributed by atoms with Gasteiger partial charge in [-0.3, -0.25) is 4.79 Å². The topological polar surface area (TPSA) is 59.9 Å². The molecule has 0 aromatic heterocycles.